The maximum Gasteiger partial charge on any atom is 0.106 e. The van der Waals surface area contributed by atoms with E-state index in [4.69, 9.17) is 29.6 Å². The fraction of sp³-hybridized carbons (Fsp3) is 0.231. The average Bonchev–Trinajstić information content (AvgIpc) is 2.77. The number of nitrogens with zero attached hydrogens (tertiary/aromatic N) is 1. The van der Waals surface area contributed by atoms with Crippen molar-refractivity contribution >= 4 is 45.8 Å². The Morgan fingerprint density at radius 3 is 2.95 bits per heavy atom. The summed E-state index contributed by atoms with van der Waals surface area (Å²) in [4.78, 5) is 4.76. The number of rotatable bonds is 5. The lowest BCUT2D eigenvalue weighted by Gasteiger charge is -2.11. The lowest BCUT2D eigenvalue weighted by atomic mass is 10.1. The van der Waals surface area contributed by atoms with Crippen LogP contribution in [0.2, 0.25) is 5.02 Å². The normalized spacial score (nSPS) is 10.4. The van der Waals surface area contributed by atoms with E-state index in [9.17, 15) is 0 Å². The van der Waals surface area contributed by atoms with Gasteiger partial charge in [0.2, 0.25) is 0 Å². The molecule has 0 aliphatic carbocycles. The third-order valence-electron chi connectivity index (χ3n) is 2.57. The second-order valence-electron chi connectivity index (χ2n) is 4.11. The summed E-state index contributed by atoms with van der Waals surface area (Å²) in [6.07, 6.45) is 0.873. The van der Waals surface area contributed by atoms with Gasteiger partial charge in [-0.3, -0.25) is 0 Å². The molecule has 0 saturated carbocycles. The Hall–Kier alpha value is -1.17. The zero-order valence-electron chi connectivity index (χ0n) is 10.4. The van der Waals surface area contributed by atoms with E-state index in [1.807, 2.05) is 19.1 Å². The van der Waals surface area contributed by atoms with Crippen LogP contribution in [-0.4, -0.2) is 16.5 Å². The van der Waals surface area contributed by atoms with Gasteiger partial charge in [-0.2, -0.15) is 0 Å². The lowest BCUT2D eigenvalue weighted by molar-refractivity contribution is 0.986. The van der Waals surface area contributed by atoms with Crippen LogP contribution in [0.15, 0.2) is 23.6 Å². The van der Waals surface area contributed by atoms with Gasteiger partial charge in [0, 0.05) is 40.3 Å². The van der Waals surface area contributed by atoms with Crippen molar-refractivity contribution in [1.82, 2.24) is 4.98 Å². The van der Waals surface area contributed by atoms with Gasteiger partial charge in [-0.25, -0.2) is 4.98 Å². The fourth-order valence-electron chi connectivity index (χ4n) is 1.70. The highest BCUT2D eigenvalue weighted by Gasteiger charge is 2.06. The van der Waals surface area contributed by atoms with E-state index in [1.165, 1.54) is 0 Å². The molecule has 0 atom stereocenters. The molecule has 0 fully saturated rings. The molecule has 1 heterocycles. The summed E-state index contributed by atoms with van der Waals surface area (Å²) in [5.74, 6) is 0. The highest BCUT2D eigenvalue weighted by atomic mass is 35.5. The molecule has 0 amide bonds. The third-order valence-corrected chi connectivity index (χ3v) is 4.05. The van der Waals surface area contributed by atoms with Crippen LogP contribution in [0.4, 0.5) is 5.69 Å². The molecule has 1 aromatic carbocycles. The lowest BCUT2D eigenvalue weighted by Crippen LogP contribution is -2.14. The van der Waals surface area contributed by atoms with Gasteiger partial charge in [-0.1, -0.05) is 23.8 Å². The standard InChI is InChI=1S/C13H14ClN3S2/c1-8-7-19-12(17-8)4-5-16-11-3-2-9(14)6-10(11)13(15)18/h2-3,6-7,16H,4-5H2,1H3,(H2,15,18). The third kappa shape index (κ3) is 3.89. The van der Waals surface area contributed by atoms with E-state index in [2.05, 4.69) is 15.7 Å². The molecule has 0 unspecified atom stereocenters. The summed E-state index contributed by atoms with van der Waals surface area (Å²) in [6.45, 7) is 2.78. The average molecular weight is 312 g/mol. The first kappa shape index (κ1) is 14.2. The number of hydrogen-bond acceptors (Lipinski definition) is 4. The predicted molar refractivity (Wildman–Crippen MR) is 86.4 cm³/mol. The summed E-state index contributed by atoms with van der Waals surface area (Å²) < 4.78 is 0. The van der Waals surface area contributed by atoms with Gasteiger partial charge in [0.25, 0.3) is 0 Å². The molecule has 6 heteroatoms. The van der Waals surface area contributed by atoms with Crippen LogP contribution in [0.5, 0.6) is 0 Å². The van der Waals surface area contributed by atoms with E-state index < -0.39 is 0 Å². The molecule has 0 aliphatic heterocycles. The number of aromatic nitrogens is 1. The molecular weight excluding hydrogens is 298 g/mol. The van der Waals surface area contributed by atoms with Gasteiger partial charge in [-0.05, 0) is 25.1 Å². The van der Waals surface area contributed by atoms with Crippen molar-refractivity contribution in [3.8, 4) is 0 Å². The molecule has 100 valence electrons. The van der Waals surface area contributed by atoms with Gasteiger partial charge < -0.3 is 11.1 Å². The minimum atomic E-state index is 0.343. The smallest absolute Gasteiger partial charge is 0.106 e. The molecule has 0 radical (unpaired) electrons. The van der Waals surface area contributed by atoms with E-state index in [0.717, 1.165) is 34.9 Å². The zero-order chi connectivity index (χ0) is 13.8. The van der Waals surface area contributed by atoms with Crippen molar-refractivity contribution in [2.24, 2.45) is 5.73 Å². The van der Waals surface area contributed by atoms with Crippen LogP contribution in [0.3, 0.4) is 0 Å². The molecule has 0 spiro atoms. The Kier molecular flexibility index (Phi) is 4.74. The molecule has 0 saturated heterocycles. The van der Waals surface area contributed by atoms with Crippen LogP contribution in [-0.2, 0) is 6.42 Å². The minimum Gasteiger partial charge on any atom is -0.389 e. The second-order valence-corrected chi connectivity index (χ2v) is 5.93. The largest absolute Gasteiger partial charge is 0.389 e. The Bertz CT molecular complexity index is 595. The van der Waals surface area contributed by atoms with Crippen LogP contribution in [0, 0.1) is 6.92 Å². The van der Waals surface area contributed by atoms with Crippen molar-refractivity contribution in [1.29, 1.82) is 0 Å². The molecule has 3 nitrogen and oxygen atoms in total. The Balaban J connectivity index is 2.01. The van der Waals surface area contributed by atoms with Gasteiger partial charge in [0.15, 0.2) is 0 Å². The molecule has 0 aliphatic rings. The number of aryl methyl sites for hydroxylation is 1. The first-order chi connectivity index (χ1) is 9.06. The van der Waals surface area contributed by atoms with Crippen LogP contribution < -0.4 is 11.1 Å². The van der Waals surface area contributed by atoms with E-state index >= 15 is 0 Å². The van der Waals surface area contributed by atoms with Crippen molar-refractivity contribution in [3.63, 3.8) is 0 Å². The van der Waals surface area contributed by atoms with Crippen LogP contribution in [0.25, 0.3) is 0 Å². The fourth-order valence-corrected chi connectivity index (χ4v) is 2.81. The number of thiazole rings is 1. The van der Waals surface area contributed by atoms with Gasteiger partial charge in [0.05, 0.1) is 5.01 Å². The van der Waals surface area contributed by atoms with Crippen molar-refractivity contribution in [3.05, 3.63) is 44.9 Å². The second kappa shape index (κ2) is 6.32. The maximum absolute atomic E-state index is 5.94. The topological polar surface area (TPSA) is 50.9 Å². The maximum atomic E-state index is 5.94. The monoisotopic (exact) mass is 311 g/mol. The quantitative estimate of drug-likeness (QED) is 0.831. The van der Waals surface area contributed by atoms with Crippen molar-refractivity contribution < 1.29 is 0 Å². The zero-order valence-corrected chi connectivity index (χ0v) is 12.8. The number of benzene rings is 1. The number of nitrogens with one attached hydrogen (secondary N) is 1. The van der Waals surface area contributed by atoms with Gasteiger partial charge in [0.1, 0.15) is 4.99 Å². The van der Waals surface area contributed by atoms with Gasteiger partial charge >= 0.3 is 0 Å². The first-order valence-electron chi connectivity index (χ1n) is 5.80. The summed E-state index contributed by atoms with van der Waals surface area (Å²) in [5.41, 5.74) is 8.44. The van der Waals surface area contributed by atoms with E-state index in [-0.39, 0.29) is 0 Å². The Morgan fingerprint density at radius 1 is 1.53 bits per heavy atom. The van der Waals surface area contributed by atoms with E-state index in [1.54, 1.807) is 17.4 Å². The SMILES string of the molecule is Cc1csc(CCNc2ccc(Cl)cc2C(N)=S)n1. The number of halogens is 1. The van der Waals surface area contributed by atoms with Crippen LogP contribution >= 0.6 is 35.2 Å². The van der Waals surface area contributed by atoms with Gasteiger partial charge in [-0.15, -0.1) is 11.3 Å². The van der Waals surface area contributed by atoms with Crippen LogP contribution in [0.1, 0.15) is 16.3 Å². The molecule has 1 aromatic heterocycles. The highest BCUT2D eigenvalue weighted by molar-refractivity contribution is 7.80. The number of thiocarbonyl (C=S) groups is 1. The van der Waals surface area contributed by atoms with Crippen molar-refractivity contribution in [2.45, 2.75) is 13.3 Å². The summed E-state index contributed by atoms with van der Waals surface area (Å²) in [5, 5.41) is 7.12. The molecule has 0 bridgehead atoms. The van der Waals surface area contributed by atoms with Crippen molar-refractivity contribution in [2.75, 3.05) is 11.9 Å². The summed E-state index contributed by atoms with van der Waals surface area (Å²) in [7, 11) is 0. The Morgan fingerprint density at radius 2 is 2.32 bits per heavy atom. The molecule has 3 N–H and O–H groups in total. The first-order valence-corrected chi connectivity index (χ1v) is 7.47. The molecule has 19 heavy (non-hydrogen) atoms. The Labute approximate surface area is 126 Å². The molecule has 2 rings (SSSR count). The van der Waals surface area contributed by atoms with E-state index in [0.29, 0.717) is 10.0 Å². The predicted octanol–water partition coefficient (Wildman–Crippen LogP) is 3.39. The highest BCUT2D eigenvalue weighted by Crippen LogP contribution is 2.21. The summed E-state index contributed by atoms with van der Waals surface area (Å²) >= 11 is 12.6. The summed E-state index contributed by atoms with van der Waals surface area (Å²) in [6, 6.07) is 5.49. The molecule has 2 aromatic rings. The minimum absolute atomic E-state index is 0.343. The number of anilines is 1. The molecular formula is C13H14ClN3S2. The number of hydrogen-bond donors (Lipinski definition) is 2. The number of nitrogens with two attached hydrogens (primary N) is 1.